The molecule has 0 saturated carbocycles. The van der Waals surface area contributed by atoms with Crippen molar-refractivity contribution in [3.05, 3.63) is 63.6 Å². The third-order valence-corrected chi connectivity index (χ3v) is 9.13. The van der Waals surface area contributed by atoms with E-state index in [2.05, 4.69) is 40.2 Å². The number of amides is 2. The largest absolute Gasteiger partial charge is 0.334 e. The molecule has 1 aliphatic rings. The topological polar surface area (TPSA) is 93.8 Å². The Kier molecular flexibility index (Phi) is 11.3. The van der Waals surface area contributed by atoms with Crippen molar-refractivity contribution in [3.63, 3.8) is 0 Å². The van der Waals surface area contributed by atoms with Gasteiger partial charge in [0.1, 0.15) is 0 Å². The second-order valence-corrected chi connectivity index (χ2v) is 13.2. The molecule has 1 heterocycles. The summed E-state index contributed by atoms with van der Waals surface area (Å²) in [4.78, 5) is 15.2. The van der Waals surface area contributed by atoms with Crippen molar-refractivity contribution in [2.45, 2.75) is 45.7 Å². The lowest BCUT2D eigenvalue weighted by Gasteiger charge is -2.35. The van der Waals surface area contributed by atoms with Crippen LogP contribution in [0.4, 0.5) is 10.5 Å². The number of piperidine rings is 1. The highest BCUT2D eigenvalue weighted by atomic mass is 35.5. The van der Waals surface area contributed by atoms with Crippen LogP contribution in [0.15, 0.2) is 42.5 Å². The number of urea groups is 1. The van der Waals surface area contributed by atoms with Gasteiger partial charge in [-0.3, -0.25) is 0 Å². The standard InChI is InChI=1S/C27H39Cl2N5O3S/c1-19(2)26(18-34-12-10-20(11-13-34)14-21-8-9-24(28)25(29)16-21)32-27(35)31-23-7-5-6-22(15-23)17-30-38(36,37)33(3)4/h5-9,15-16,19-20,26,30H,10-14,17-18H2,1-4H3,(H2,31,32,35)/t26-/m0/s1. The molecule has 2 amide bonds. The van der Waals surface area contributed by atoms with Crippen LogP contribution in [0.5, 0.6) is 0 Å². The molecular weight excluding hydrogens is 545 g/mol. The highest BCUT2D eigenvalue weighted by molar-refractivity contribution is 7.87. The van der Waals surface area contributed by atoms with Crippen molar-refractivity contribution in [3.8, 4) is 0 Å². The van der Waals surface area contributed by atoms with Crippen LogP contribution in [-0.4, -0.2) is 63.4 Å². The minimum Gasteiger partial charge on any atom is -0.334 e. The highest BCUT2D eigenvalue weighted by Crippen LogP contribution is 2.27. The molecule has 1 saturated heterocycles. The Morgan fingerprint density at radius 2 is 1.76 bits per heavy atom. The third kappa shape index (κ3) is 9.39. The summed E-state index contributed by atoms with van der Waals surface area (Å²) in [6.07, 6.45) is 3.19. The van der Waals surface area contributed by atoms with Gasteiger partial charge in [0.25, 0.3) is 10.2 Å². The van der Waals surface area contributed by atoms with E-state index in [-0.39, 0.29) is 24.5 Å². The molecule has 38 heavy (non-hydrogen) atoms. The Morgan fingerprint density at radius 3 is 2.39 bits per heavy atom. The monoisotopic (exact) mass is 583 g/mol. The molecule has 0 aliphatic carbocycles. The molecule has 0 spiro atoms. The number of carbonyl (C=O) groups excluding carboxylic acids is 1. The number of carbonyl (C=O) groups is 1. The van der Waals surface area contributed by atoms with Crippen LogP contribution in [0, 0.1) is 11.8 Å². The molecule has 0 unspecified atom stereocenters. The summed E-state index contributed by atoms with van der Waals surface area (Å²) in [5.74, 6) is 0.869. The molecule has 1 atom stereocenters. The minimum atomic E-state index is -3.53. The van der Waals surface area contributed by atoms with Crippen LogP contribution >= 0.6 is 23.2 Å². The van der Waals surface area contributed by atoms with E-state index in [1.54, 1.807) is 18.2 Å². The lowest BCUT2D eigenvalue weighted by molar-refractivity contribution is 0.157. The Balaban J connectivity index is 1.48. The summed E-state index contributed by atoms with van der Waals surface area (Å²) in [6.45, 7) is 7.12. The Morgan fingerprint density at radius 1 is 1.05 bits per heavy atom. The zero-order valence-electron chi connectivity index (χ0n) is 22.5. The summed E-state index contributed by atoms with van der Waals surface area (Å²) in [5, 5.41) is 7.21. The van der Waals surface area contributed by atoms with Crippen molar-refractivity contribution < 1.29 is 13.2 Å². The predicted molar refractivity (Wildman–Crippen MR) is 156 cm³/mol. The third-order valence-electron chi connectivity index (χ3n) is 6.92. The van der Waals surface area contributed by atoms with Gasteiger partial charge in [-0.25, -0.2) is 4.79 Å². The maximum Gasteiger partial charge on any atom is 0.319 e. The molecule has 2 aromatic rings. The average Bonchev–Trinajstić information content (AvgIpc) is 2.86. The maximum absolute atomic E-state index is 12.8. The number of nitrogens with zero attached hydrogens (tertiary/aromatic N) is 2. The molecule has 0 bridgehead atoms. The second-order valence-electron chi connectivity index (χ2n) is 10.5. The van der Waals surface area contributed by atoms with E-state index >= 15 is 0 Å². The fourth-order valence-corrected chi connectivity index (χ4v) is 5.40. The molecule has 3 rings (SSSR count). The lowest BCUT2D eigenvalue weighted by Crippen LogP contribution is -2.49. The number of hydrogen-bond donors (Lipinski definition) is 3. The molecule has 8 nitrogen and oxygen atoms in total. The van der Waals surface area contributed by atoms with Crippen molar-refractivity contribution in [2.24, 2.45) is 11.8 Å². The maximum atomic E-state index is 12.8. The summed E-state index contributed by atoms with van der Waals surface area (Å²) in [6, 6.07) is 12.7. The van der Waals surface area contributed by atoms with Crippen LogP contribution in [0.25, 0.3) is 0 Å². The molecule has 1 fully saturated rings. The first-order valence-corrected chi connectivity index (χ1v) is 15.1. The molecule has 0 radical (unpaired) electrons. The second kappa shape index (κ2) is 14.0. The molecule has 2 aromatic carbocycles. The van der Waals surface area contributed by atoms with Gasteiger partial charge in [-0.1, -0.05) is 55.2 Å². The van der Waals surface area contributed by atoms with Gasteiger partial charge in [-0.2, -0.15) is 17.4 Å². The summed E-state index contributed by atoms with van der Waals surface area (Å²) in [7, 11) is -0.590. The SMILES string of the molecule is CC(C)[C@H](CN1CCC(Cc2ccc(Cl)c(Cl)c2)CC1)NC(=O)Nc1cccc(CNS(=O)(=O)N(C)C)c1. The van der Waals surface area contributed by atoms with Gasteiger partial charge in [0.2, 0.25) is 0 Å². The van der Waals surface area contributed by atoms with Crippen molar-refractivity contribution in [1.29, 1.82) is 0 Å². The number of halogens is 2. The van der Waals surface area contributed by atoms with Gasteiger partial charge in [0, 0.05) is 38.9 Å². The fourth-order valence-electron chi connectivity index (χ4n) is 4.47. The quantitative estimate of drug-likeness (QED) is 0.347. The van der Waals surface area contributed by atoms with E-state index in [0.29, 0.717) is 21.7 Å². The van der Waals surface area contributed by atoms with E-state index in [1.807, 2.05) is 18.2 Å². The molecular formula is C27H39Cl2N5O3S. The number of hydrogen-bond acceptors (Lipinski definition) is 4. The normalized spacial score (nSPS) is 16.1. The minimum absolute atomic E-state index is 0.00305. The summed E-state index contributed by atoms with van der Waals surface area (Å²) >= 11 is 12.2. The first-order chi connectivity index (χ1) is 17.9. The van der Waals surface area contributed by atoms with Gasteiger partial charge < -0.3 is 15.5 Å². The van der Waals surface area contributed by atoms with Crippen LogP contribution in [0.2, 0.25) is 10.0 Å². The zero-order valence-corrected chi connectivity index (χ0v) is 24.8. The zero-order chi connectivity index (χ0) is 27.9. The number of anilines is 1. The molecule has 11 heteroatoms. The van der Waals surface area contributed by atoms with E-state index < -0.39 is 10.2 Å². The number of rotatable bonds is 11. The predicted octanol–water partition coefficient (Wildman–Crippen LogP) is 4.99. The van der Waals surface area contributed by atoms with Gasteiger partial charge >= 0.3 is 6.03 Å². The van der Waals surface area contributed by atoms with Gasteiger partial charge in [0.15, 0.2) is 0 Å². The van der Waals surface area contributed by atoms with E-state index in [1.165, 1.54) is 19.7 Å². The van der Waals surface area contributed by atoms with Crippen LogP contribution in [0.1, 0.15) is 37.8 Å². The Labute approximate surface area is 237 Å². The Hall–Kier alpha value is -1.88. The average molecular weight is 585 g/mol. The van der Waals surface area contributed by atoms with E-state index in [9.17, 15) is 13.2 Å². The fraction of sp³-hybridized carbons (Fsp3) is 0.519. The molecule has 210 valence electrons. The lowest BCUT2D eigenvalue weighted by atomic mass is 9.89. The highest BCUT2D eigenvalue weighted by Gasteiger charge is 2.24. The van der Waals surface area contributed by atoms with Crippen molar-refractivity contribution >= 4 is 45.1 Å². The van der Waals surface area contributed by atoms with E-state index in [0.717, 1.165) is 48.8 Å². The van der Waals surface area contributed by atoms with Gasteiger partial charge in [-0.05, 0) is 79.6 Å². The summed E-state index contributed by atoms with van der Waals surface area (Å²) < 4.78 is 27.6. The van der Waals surface area contributed by atoms with Gasteiger partial charge in [0.05, 0.1) is 10.0 Å². The van der Waals surface area contributed by atoms with Crippen LogP contribution in [-0.2, 0) is 23.2 Å². The molecule has 1 aliphatic heterocycles. The summed E-state index contributed by atoms with van der Waals surface area (Å²) in [5.41, 5.74) is 2.57. The first-order valence-electron chi connectivity index (χ1n) is 12.9. The Bertz CT molecular complexity index is 1180. The molecule has 3 N–H and O–H groups in total. The smallest absolute Gasteiger partial charge is 0.319 e. The van der Waals surface area contributed by atoms with Crippen LogP contribution in [0.3, 0.4) is 0 Å². The number of nitrogens with one attached hydrogen (secondary N) is 3. The van der Waals surface area contributed by atoms with Crippen LogP contribution < -0.4 is 15.4 Å². The van der Waals surface area contributed by atoms with Crippen molar-refractivity contribution in [2.75, 3.05) is 39.0 Å². The number of benzene rings is 2. The van der Waals surface area contributed by atoms with E-state index in [4.69, 9.17) is 23.2 Å². The van der Waals surface area contributed by atoms with Crippen molar-refractivity contribution in [1.82, 2.24) is 19.2 Å². The van der Waals surface area contributed by atoms with Gasteiger partial charge in [-0.15, -0.1) is 0 Å². The molecule has 0 aromatic heterocycles. The first kappa shape index (κ1) is 30.7. The number of likely N-dealkylation sites (tertiary alicyclic amines) is 1.